The van der Waals surface area contributed by atoms with Crippen molar-refractivity contribution in [1.29, 1.82) is 0 Å². The van der Waals surface area contributed by atoms with Gasteiger partial charge in [-0.25, -0.2) is 9.67 Å². The van der Waals surface area contributed by atoms with Crippen molar-refractivity contribution >= 4 is 11.9 Å². The van der Waals surface area contributed by atoms with Crippen molar-refractivity contribution in [2.45, 2.75) is 0 Å². The second kappa shape index (κ2) is 3.97. The van der Waals surface area contributed by atoms with E-state index in [9.17, 15) is 4.79 Å². The van der Waals surface area contributed by atoms with Crippen LogP contribution in [0, 0.1) is 0 Å². The Morgan fingerprint density at radius 3 is 3.00 bits per heavy atom. The Labute approximate surface area is 91.3 Å². The summed E-state index contributed by atoms with van der Waals surface area (Å²) >= 11 is 0. The summed E-state index contributed by atoms with van der Waals surface area (Å²) in [5, 5.41) is 6.79. The predicted octanol–water partition coefficient (Wildman–Crippen LogP) is -0.197. The summed E-state index contributed by atoms with van der Waals surface area (Å²) in [5.41, 5.74) is 5.46. The van der Waals surface area contributed by atoms with Crippen LogP contribution in [0.5, 0.6) is 0 Å². The molecule has 2 rings (SSSR count). The van der Waals surface area contributed by atoms with Crippen molar-refractivity contribution < 1.29 is 4.79 Å². The molecule has 0 fully saturated rings. The van der Waals surface area contributed by atoms with Gasteiger partial charge in [0, 0.05) is 25.5 Å². The molecule has 2 aromatic rings. The molecule has 16 heavy (non-hydrogen) atoms. The molecule has 0 saturated heterocycles. The van der Waals surface area contributed by atoms with Crippen LogP contribution < -0.4 is 11.1 Å². The Bertz CT molecular complexity index is 520. The van der Waals surface area contributed by atoms with Gasteiger partial charge in [-0.05, 0) is 0 Å². The smallest absolute Gasteiger partial charge is 0.251 e. The Morgan fingerprint density at radius 2 is 2.38 bits per heavy atom. The SMILES string of the molecule is CNc1nccc(-n2cc(C(N)=O)cn2)n1. The topological polar surface area (TPSA) is 98.7 Å². The maximum absolute atomic E-state index is 10.9. The molecule has 0 aliphatic rings. The van der Waals surface area contributed by atoms with Gasteiger partial charge in [-0.3, -0.25) is 4.79 Å². The number of nitrogens with zero attached hydrogens (tertiary/aromatic N) is 4. The molecule has 0 radical (unpaired) electrons. The molecule has 7 nitrogen and oxygen atoms in total. The summed E-state index contributed by atoms with van der Waals surface area (Å²) in [6, 6.07) is 1.68. The minimum Gasteiger partial charge on any atom is -0.366 e. The van der Waals surface area contributed by atoms with Crippen LogP contribution in [0.15, 0.2) is 24.7 Å². The van der Waals surface area contributed by atoms with Crippen molar-refractivity contribution in [2.75, 3.05) is 12.4 Å². The van der Waals surface area contributed by atoms with E-state index in [2.05, 4.69) is 20.4 Å². The standard InChI is InChI=1S/C9H10N6O/c1-11-9-12-3-2-7(14-9)15-5-6(4-13-15)8(10)16/h2-5H,1H3,(H2,10,16)(H,11,12,14). The summed E-state index contributed by atoms with van der Waals surface area (Å²) in [6.45, 7) is 0. The molecule has 0 saturated carbocycles. The van der Waals surface area contributed by atoms with Crippen molar-refractivity contribution in [2.24, 2.45) is 5.73 Å². The van der Waals surface area contributed by atoms with Crippen LogP contribution in [0.3, 0.4) is 0 Å². The van der Waals surface area contributed by atoms with Crippen LogP contribution in [0.2, 0.25) is 0 Å². The average molecular weight is 218 g/mol. The number of hydrogen-bond donors (Lipinski definition) is 2. The van der Waals surface area contributed by atoms with Gasteiger partial charge < -0.3 is 11.1 Å². The number of amides is 1. The Morgan fingerprint density at radius 1 is 1.56 bits per heavy atom. The molecule has 0 aliphatic heterocycles. The van der Waals surface area contributed by atoms with Crippen molar-refractivity contribution in [3.05, 3.63) is 30.2 Å². The van der Waals surface area contributed by atoms with Gasteiger partial charge in [0.2, 0.25) is 5.95 Å². The van der Waals surface area contributed by atoms with Crippen LogP contribution in [0.4, 0.5) is 5.95 Å². The lowest BCUT2D eigenvalue weighted by Gasteiger charge is -2.01. The lowest BCUT2D eigenvalue weighted by molar-refractivity contribution is 0.100. The number of anilines is 1. The number of nitrogens with two attached hydrogens (primary N) is 1. The predicted molar refractivity (Wildman–Crippen MR) is 57.2 cm³/mol. The summed E-state index contributed by atoms with van der Waals surface area (Å²) in [7, 11) is 1.72. The highest BCUT2D eigenvalue weighted by Crippen LogP contribution is 2.06. The van der Waals surface area contributed by atoms with Crippen molar-refractivity contribution in [3.8, 4) is 5.82 Å². The van der Waals surface area contributed by atoms with Crippen LogP contribution in [-0.4, -0.2) is 32.7 Å². The fraction of sp³-hybridized carbons (Fsp3) is 0.111. The molecule has 0 aromatic carbocycles. The third kappa shape index (κ3) is 1.83. The van der Waals surface area contributed by atoms with Crippen LogP contribution in [0.1, 0.15) is 10.4 Å². The molecule has 3 N–H and O–H groups in total. The first-order valence-corrected chi connectivity index (χ1v) is 4.56. The molecule has 7 heteroatoms. The molecule has 82 valence electrons. The minimum absolute atomic E-state index is 0.338. The van der Waals surface area contributed by atoms with E-state index in [-0.39, 0.29) is 0 Å². The zero-order valence-electron chi connectivity index (χ0n) is 8.58. The molecule has 2 heterocycles. The third-order valence-electron chi connectivity index (χ3n) is 1.97. The fourth-order valence-corrected chi connectivity index (χ4v) is 1.17. The number of carbonyl (C=O) groups excluding carboxylic acids is 1. The monoisotopic (exact) mass is 218 g/mol. The van der Waals surface area contributed by atoms with Gasteiger partial charge >= 0.3 is 0 Å². The number of hydrogen-bond acceptors (Lipinski definition) is 5. The van der Waals surface area contributed by atoms with Crippen molar-refractivity contribution in [3.63, 3.8) is 0 Å². The van der Waals surface area contributed by atoms with Gasteiger partial charge in [0.05, 0.1) is 11.8 Å². The number of primary amides is 1. The molecule has 1 amide bonds. The normalized spacial score (nSPS) is 10.1. The lowest BCUT2D eigenvalue weighted by Crippen LogP contribution is -2.09. The van der Waals surface area contributed by atoms with Gasteiger partial charge in [0.1, 0.15) is 0 Å². The summed E-state index contributed by atoms with van der Waals surface area (Å²) in [4.78, 5) is 19.0. The first-order valence-electron chi connectivity index (χ1n) is 4.56. The Hall–Kier alpha value is -2.44. The minimum atomic E-state index is -0.519. The number of nitrogens with one attached hydrogen (secondary N) is 1. The van der Waals surface area contributed by atoms with E-state index in [1.165, 1.54) is 17.1 Å². The second-order valence-electron chi connectivity index (χ2n) is 3.03. The highest BCUT2D eigenvalue weighted by molar-refractivity contribution is 5.92. The molecular formula is C9H10N6O. The summed E-state index contributed by atoms with van der Waals surface area (Å²) in [6.07, 6.45) is 4.51. The van der Waals surface area contributed by atoms with Crippen LogP contribution >= 0.6 is 0 Å². The van der Waals surface area contributed by atoms with Gasteiger partial charge in [-0.15, -0.1) is 0 Å². The zero-order valence-corrected chi connectivity index (χ0v) is 8.58. The first kappa shape index (κ1) is 10.1. The highest BCUT2D eigenvalue weighted by Gasteiger charge is 2.06. The van der Waals surface area contributed by atoms with Crippen molar-refractivity contribution in [1.82, 2.24) is 19.7 Å². The van der Waals surface area contributed by atoms with E-state index in [0.29, 0.717) is 17.3 Å². The lowest BCUT2D eigenvalue weighted by atomic mass is 10.3. The first-order chi connectivity index (χ1) is 7.70. The molecule has 0 unspecified atom stereocenters. The maximum Gasteiger partial charge on any atom is 0.251 e. The van der Waals surface area contributed by atoms with E-state index in [1.807, 2.05) is 0 Å². The summed E-state index contributed by atoms with van der Waals surface area (Å²) in [5.74, 6) is 0.523. The number of carbonyl (C=O) groups is 1. The highest BCUT2D eigenvalue weighted by atomic mass is 16.1. The molecule has 2 aromatic heterocycles. The van der Waals surface area contributed by atoms with Gasteiger partial charge in [0.25, 0.3) is 5.91 Å². The zero-order chi connectivity index (χ0) is 11.5. The number of rotatable bonds is 3. The number of aromatic nitrogens is 4. The van der Waals surface area contributed by atoms with E-state index >= 15 is 0 Å². The quantitative estimate of drug-likeness (QED) is 0.743. The molecule has 0 bridgehead atoms. The summed E-state index contributed by atoms with van der Waals surface area (Å²) < 4.78 is 1.46. The largest absolute Gasteiger partial charge is 0.366 e. The van der Waals surface area contributed by atoms with Crippen LogP contribution in [0.25, 0.3) is 5.82 Å². The van der Waals surface area contributed by atoms with E-state index < -0.39 is 5.91 Å². The second-order valence-corrected chi connectivity index (χ2v) is 3.03. The maximum atomic E-state index is 10.9. The Kier molecular flexibility index (Phi) is 2.50. The third-order valence-corrected chi connectivity index (χ3v) is 1.97. The van der Waals surface area contributed by atoms with E-state index in [0.717, 1.165) is 0 Å². The average Bonchev–Trinajstić information content (AvgIpc) is 2.78. The van der Waals surface area contributed by atoms with Gasteiger partial charge in [-0.1, -0.05) is 0 Å². The van der Waals surface area contributed by atoms with E-state index in [1.54, 1.807) is 19.3 Å². The fourth-order valence-electron chi connectivity index (χ4n) is 1.17. The van der Waals surface area contributed by atoms with Gasteiger partial charge in [0.15, 0.2) is 5.82 Å². The van der Waals surface area contributed by atoms with Crippen LogP contribution in [-0.2, 0) is 0 Å². The molecule has 0 spiro atoms. The molecular weight excluding hydrogens is 208 g/mol. The van der Waals surface area contributed by atoms with Gasteiger partial charge in [-0.2, -0.15) is 10.1 Å². The molecule has 0 aliphatic carbocycles. The molecule has 0 atom stereocenters. The Balaban J connectivity index is 2.38. The van der Waals surface area contributed by atoms with E-state index in [4.69, 9.17) is 5.73 Å².